The van der Waals surface area contributed by atoms with Crippen molar-refractivity contribution in [3.05, 3.63) is 23.8 Å². The SMILES string of the molecule is CCCCCOC(=O)O[C@]1(C(=O)COC(=O)OCC)CC[C@H]2[C@@H]3CCC4=CC(=O)C=C[C@]4(C)[C@H]3C(=O)C[C@@]21C. The highest BCUT2D eigenvalue weighted by Crippen LogP contribution is 2.67. The third kappa shape index (κ3) is 5.05. The molecule has 4 aliphatic carbocycles. The maximum atomic E-state index is 14.0. The molecule has 0 aromatic rings. The van der Waals surface area contributed by atoms with E-state index >= 15 is 0 Å². The largest absolute Gasteiger partial charge is 0.509 e. The summed E-state index contributed by atoms with van der Waals surface area (Å²) >= 11 is 0. The predicted molar refractivity (Wildman–Crippen MR) is 140 cm³/mol. The number of Topliss-reactive ketones (excluding diaryl/α,β-unsaturated/α-hetero) is 2. The van der Waals surface area contributed by atoms with Gasteiger partial charge in [-0.15, -0.1) is 0 Å². The molecule has 9 heteroatoms. The molecule has 39 heavy (non-hydrogen) atoms. The van der Waals surface area contributed by atoms with Crippen molar-refractivity contribution in [2.45, 2.75) is 84.7 Å². The number of ketones is 3. The zero-order valence-electron chi connectivity index (χ0n) is 23.4. The lowest BCUT2D eigenvalue weighted by Crippen LogP contribution is -2.62. The van der Waals surface area contributed by atoms with Crippen molar-refractivity contribution in [1.29, 1.82) is 0 Å². The molecule has 4 aliphatic rings. The minimum Gasteiger partial charge on any atom is -0.435 e. The van der Waals surface area contributed by atoms with Crippen LogP contribution in [0.2, 0.25) is 0 Å². The number of carbonyl (C=O) groups excluding carboxylic acids is 5. The molecule has 0 amide bonds. The van der Waals surface area contributed by atoms with Crippen LogP contribution in [0.15, 0.2) is 23.8 Å². The standard InChI is InChI=1S/C30H40O9/c1-5-7-8-15-37-27(35)39-30(24(33)18-38-26(34)36-6-2)14-12-22-21-10-9-19-16-20(31)11-13-28(19,3)25(21)23(32)17-29(22,30)4/h11,13,16,21-22,25H,5-10,12,14-15,17-18H2,1-4H3/t21-,22-,25+,28-,29-,30-/m0/s1. The third-order valence-electron chi connectivity index (χ3n) is 9.64. The van der Waals surface area contributed by atoms with E-state index in [2.05, 4.69) is 0 Å². The Hall–Kier alpha value is -2.97. The van der Waals surface area contributed by atoms with Crippen LogP contribution in [0, 0.1) is 28.6 Å². The normalized spacial score (nSPS) is 34.8. The van der Waals surface area contributed by atoms with Crippen LogP contribution >= 0.6 is 0 Å². The van der Waals surface area contributed by atoms with E-state index in [9.17, 15) is 24.0 Å². The topological polar surface area (TPSA) is 122 Å². The Bertz CT molecular complexity index is 1090. The van der Waals surface area contributed by atoms with Gasteiger partial charge in [-0.1, -0.05) is 45.3 Å². The molecule has 0 aliphatic heterocycles. The quantitative estimate of drug-likeness (QED) is 0.281. The Morgan fingerprint density at radius 1 is 1.00 bits per heavy atom. The third-order valence-corrected chi connectivity index (χ3v) is 9.64. The summed E-state index contributed by atoms with van der Waals surface area (Å²) in [5, 5.41) is 0. The molecule has 3 fully saturated rings. The van der Waals surface area contributed by atoms with E-state index in [1.165, 1.54) is 0 Å². The van der Waals surface area contributed by atoms with Crippen molar-refractivity contribution < 1.29 is 42.9 Å². The van der Waals surface area contributed by atoms with E-state index in [-0.39, 0.29) is 55.4 Å². The van der Waals surface area contributed by atoms with Gasteiger partial charge >= 0.3 is 12.3 Å². The number of fused-ring (bicyclic) bond motifs is 5. The fraction of sp³-hybridized carbons (Fsp3) is 0.700. The van der Waals surface area contributed by atoms with E-state index in [0.29, 0.717) is 25.7 Å². The van der Waals surface area contributed by atoms with E-state index in [1.807, 2.05) is 26.8 Å². The van der Waals surface area contributed by atoms with Crippen LogP contribution in [0.4, 0.5) is 9.59 Å². The zero-order chi connectivity index (χ0) is 28.4. The number of rotatable bonds is 9. The summed E-state index contributed by atoms with van der Waals surface area (Å²) in [5.74, 6) is -1.14. The molecule has 0 heterocycles. The van der Waals surface area contributed by atoms with Crippen LogP contribution < -0.4 is 0 Å². The summed E-state index contributed by atoms with van der Waals surface area (Å²) in [6.07, 6.45) is 7.81. The van der Waals surface area contributed by atoms with E-state index in [0.717, 1.165) is 18.4 Å². The van der Waals surface area contributed by atoms with Crippen LogP contribution in [-0.2, 0) is 33.3 Å². The highest BCUT2D eigenvalue weighted by atomic mass is 16.7. The highest BCUT2D eigenvalue weighted by molar-refractivity contribution is 6.02. The Kier molecular flexibility index (Phi) is 8.38. The van der Waals surface area contributed by atoms with Crippen molar-refractivity contribution in [3.63, 3.8) is 0 Å². The maximum absolute atomic E-state index is 14.0. The fourth-order valence-corrected chi connectivity index (χ4v) is 7.78. The summed E-state index contributed by atoms with van der Waals surface area (Å²) in [5.41, 5.74) is -2.27. The van der Waals surface area contributed by atoms with Crippen LogP contribution in [-0.4, -0.2) is 55.1 Å². The summed E-state index contributed by atoms with van der Waals surface area (Å²) in [6.45, 7) is 7.14. The Labute approximate surface area is 229 Å². The Balaban J connectivity index is 1.64. The van der Waals surface area contributed by atoms with E-state index < -0.39 is 41.1 Å². The lowest BCUT2D eigenvalue weighted by atomic mass is 9.46. The van der Waals surface area contributed by atoms with Crippen LogP contribution in [0.25, 0.3) is 0 Å². The molecular formula is C30H40O9. The van der Waals surface area contributed by atoms with Gasteiger partial charge in [0.25, 0.3) is 0 Å². The monoisotopic (exact) mass is 544 g/mol. The number of unbranched alkanes of at least 4 members (excludes halogenated alkanes) is 2. The number of ether oxygens (including phenoxy) is 4. The van der Waals surface area contributed by atoms with Crippen molar-refractivity contribution >= 4 is 29.7 Å². The van der Waals surface area contributed by atoms with Gasteiger partial charge in [0.2, 0.25) is 5.78 Å². The van der Waals surface area contributed by atoms with Gasteiger partial charge in [-0.3, -0.25) is 14.4 Å². The van der Waals surface area contributed by atoms with Gasteiger partial charge in [0, 0.05) is 23.2 Å². The van der Waals surface area contributed by atoms with Crippen LogP contribution in [0.5, 0.6) is 0 Å². The van der Waals surface area contributed by atoms with Gasteiger partial charge in [0.05, 0.1) is 13.2 Å². The Morgan fingerprint density at radius 2 is 1.77 bits per heavy atom. The summed E-state index contributed by atoms with van der Waals surface area (Å²) in [6, 6.07) is 0. The molecule has 0 radical (unpaired) electrons. The minimum absolute atomic E-state index is 0.0175. The molecule has 6 atom stereocenters. The first-order chi connectivity index (χ1) is 18.5. The van der Waals surface area contributed by atoms with Crippen LogP contribution in [0.3, 0.4) is 0 Å². The first-order valence-electron chi connectivity index (χ1n) is 14.2. The molecule has 0 N–H and O–H groups in total. The average molecular weight is 545 g/mol. The lowest BCUT2D eigenvalue weighted by Gasteiger charge is -2.57. The van der Waals surface area contributed by atoms with Crippen molar-refractivity contribution in [2.24, 2.45) is 28.6 Å². The number of hydrogen-bond acceptors (Lipinski definition) is 9. The number of carbonyl (C=O) groups is 5. The second kappa shape index (κ2) is 11.3. The fourth-order valence-electron chi connectivity index (χ4n) is 7.78. The number of allylic oxidation sites excluding steroid dienone is 4. The van der Waals surface area contributed by atoms with Crippen molar-refractivity contribution in [2.75, 3.05) is 19.8 Å². The lowest BCUT2D eigenvalue weighted by molar-refractivity contribution is -0.173. The molecule has 0 aromatic carbocycles. The highest BCUT2D eigenvalue weighted by Gasteiger charge is 2.70. The summed E-state index contributed by atoms with van der Waals surface area (Å²) < 4.78 is 21.1. The Morgan fingerprint density at radius 3 is 2.49 bits per heavy atom. The molecule has 0 saturated heterocycles. The average Bonchev–Trinajstić information content (AvgIpc) is 3.17. The second-order valence-electron chi connectivity index (χ2n) is 11.7. The molecule has 214 valence electrons. The van der Waals surface area contributed by atoms with Gasteiger partial charge in [-0.2, -0.15) is 0 Å². The second-order valence-corrected chi connectivity index (χ2v) is 11.7. The zero-order valence-corrected chi connectivity index (χ0v) is 23.4. The summed E-state index contributed by atoms with van der Waals surface area (Å²) in [4.78, 5) is 64.6. The molecule has 3 saturated carbocycles. The molecule has 0 spiro atoms. The van der Waals surface area contributed by atoms with Gasteiger partial charge in [0.1, 0.15) is 5.78 Å². The molecule has 0 unspecified atom stereocenters. The van der Waals surface area contributed by atoms with Crippen molar-refractivity contribution in [3.8, 4) is 0 Å². The van der Waals surface area contributed by atoms with Crippen LogP contribution in [0.1, 0.15) is 79.1 Å². The minimum atomic E-state index is -1.68. The first kappa shape index (κ1) is 29.0. The van der Waals surface area contributed by atoms with Gasteiger partial charge in [0.15, 0.2) is 18.0 Å². The van der Waals surface area contributed by atoms with Gasteiger partial charge in [-0.25, -0.2) is 9.59 Å². The number of hydrogen-bond donors (Lipinski definition) is 0. The molecule has 0 bridgehead atoms. The maximum Gasteiger partial charge on any atom is 0.509 e. The van der Waals surface area contributed by atoms with E-state index in [1.54, 1.807) is 19.1 Å². The van der Waals surface area contributed by atoms with Gasteiger partial charge in [-0.05, 0) is 63.0 Å². The smallest absolute Gasteiger partial charge is 0.435 e. The predicted octanol–water partition coefficient (Wildman–Crippen LogP) is 5.30. The van der Waals surface area contributed by atoms with E-state index in [4.69, 9.17) is 18.9 Å². The summed E-state index contributed by atoms with van der Waals surface area (Å²) in [7, 11) is 0. The van der Waals surface area contributed by atoms with Gasteiger partial charge < -0.3 is 18.9 Å². The molecule has 4 rings (SSSR count). The van der Waals surface area contributed by atoms with Crippen molar-refractivity contribution in [1.82, 2.24) is 0 Å². The first-order valence-corrected chi connectivity index (χ1v) is 14.2. The molecular weight excluding hydrogens is 504 g/mol. The molecule has 9 nitrogen and oxygen atoms in total. The molecule has 0 aromatic heterocycles.